The van der Waals surface area contributed by atoms with Gasteiger partial charge in [-0.05, 0) is 19.1 Å². The predicted octanol–water partition coefficient (Wildman–Crippen LogP) is 2.84. The molecule has 0 amide bonds. The van der Waals surface area contributed by atoms with Crippen LogP contribution in [0.15, 0.2) is 36.4 Å². The van der Waals surface area contributed by atoms with Crippen LogP contribution in [-0.4, -0.2) is 30.5 Å². The molecule has 22 heavy (non-hydrogen) atoms. The summed E-state index contributed by atoms with van der Waals surface area (Å²) in [6, 6.07) is 10.4. The van der Waals surface area contributed by atoms with Gasteiger partial charge in [0.2, 0.25) is 5.69 Å². The molecule has 2 aromatic carbocycles. The minimum atomic E-state index is -0.310. The summed E-state index contributed by atoms with van der Waals surface area (Å²) in [6.07, 6.45) is 0. The Morgan fingerprint density at radius 3 is 2.18 bits per heavy atom. The lowest BCUT2D eigenvalue weighted by molar-refractivity contribution is -0.355. The van der Waals surface area contributed by atoms with Crippen molar-refractivity contribution in [1.82, 2.24) is 0 Å². The summed E-state index contributed by atoms with van der Waals surface area (Å²) in [5, 5.41) is 12.5. The van der Waals surface area contributed by atoms with Crippen LogP contribution >= 0.6 is 0 Å². The van der Waals surface area contributed by atoms with Crippen molar-refractivity contribution in [1.29, 1.82) is 0 Å². The smallest absolute Gasteiger partial charge is 0.272 e. The van der Waals surface area contributed by atoms with Gasteiger partial charge in [-0.2, -0.15) is 4.74 Å². The summed E-state index contributed by atoms with van der Waals surface area (Å²) in [4.78, 5) is 12.6. The quantitative estimate of drug-likeness (QED) is 0.645. The molecule has 0 aromatic heterocycles. The van der Waals surface area contributed by atoms with Crippen molar-refractivity contribution < 1.29 is 19.0 Å². The van der Waals surface area contributed by atoms with E-state index in [1.54, 1.807) is 18.2 Å². The zero-order valence-electron chi connectivity index (χ0n) is 12.5. The lowest BCUT2D eigenvalue weighted by Gasteiger charge is -2.08. The molecule has 0 radical (unpaired) electrons. The van der Waals surface area contributed by atoms with E-state index in [1.807, 2.05) is 19.1 Å². The van der Waals surface area contributed by atoms with Gasteiger partial charge >= 0.3 is 0 Å². The number of carbonyl (C=O) groups excluding carboxylic acids is 1. The number of nitrogens with zero attached hydrogens (tertiary/aromatic N) is 1. The normalized spacial score (nSPS) is 13.3. The van der Waals surface area contributed by atoms with E-state index in [-0.39, 0.29) is 17.2 Å². The van der Waals surface area contributed by atoms with Gasteiger partial charge in [-0.25, -0.2) is 0 Å². The molecular formula is C17H15NO4. The summed E-state index contributed by atoms with van der Waals surface area (Å²) in [5.74, 6) is 0.531. The number of rotatable bonds is 3. The highest BCUT2D eigenvalue weighted by molar-refractivity contribution is 6.52. The summed E-state index contributed by atoms with van der Waals surface area (Å²) >= 11 is 0. The molecule has 1 aliphatic heterocycles. The number of aryl methyl sites for hydroxylation is 1. The lowest BCUT2D eigenvalue weighted by atomic mass is 10.0. The largest absolute Gasteiger partial charge is 0.618 e. The maximum Gasteiger partial charge on any atom is 0.272 e. The Bertz CT molecular complexity index is 791. The van der Waals surface area contributed by atoms with E-state index in [4.69, 9.17) is 9.47 Å². The van der Waals surface area contributed by atoms with Crippen LogP contribution < -0.4 is 9.47 Å². The van der Waals surface area contributed by atoms with E-state index in [1.165, 1.54) is 20.3 Å². The standard InChI is InChI=1S/C17H15NO4/c1-10-4-6-11(7-5-10)16-17(19)12-8-14(21-2)15(22-3)9-13(12)18(16)20/h4-9H,1-3H3. The molecule has 0 saturated heterocycles. The Labute approximate surface area is 128 Å². The molecule has 0 N–H and O–H groups in total. The van der Waals surface area contributed by atoms with E-state index < -0.39 is 0 Å². The average molecular weight is 297 g/mol. The monoisotopic (exact) mass is 297 g/mol. The van der Waals surface area contributed by atoms with E-state index in [9.17, 15) is 10.0 Å². The van der Waals surface area contributed by atoms with Gasteiger partial charge in [0.15, 0.2) is 11.5 Å². The van der Waals surface area contributed by atoms with Gasteiger partial charge in [-0.1, -0.05) is 17.7 Å². The zero-order chi connectivity index (χ0) is 15.9. The SMILES string of the molecule is COc1cc2c(cc1OC)[N+]([O-])=C(c1ccc(C)cc1)C2=O. The Morgan fingerprint density at radius 2 is 1.59 bits per heavy atom. The highest BCUT2D eigenvalue weighted by Gasteiger charge is 2.38. The molecular weight excluding hydrogens is 282 g/mol. The van der Waals surface area contributed by atoms with Crippen LogP contribution in [0.3, 0.4) is 0 Å². The molecule has 0 spiro atoms. The van der Waals surface area contributed by atoms with Gasteiger partial charge in [-0.15, -0.1) is 0 Å². The molecule has 0 saturated carbocycles. The number of fused-ring (bicyclic) bond motifs is 1. The molecule has 1 heterocycles. The van der Waals surface area contributed by atoms with E-state index in [0.29, 0.717) is 27.4 Å². The van der Waals surface area contributed by atoms with Gasteiger partial charge in [0.1, 0.15) is 5.56 Å². The molecule has 3 rings (SSSR count). The van der Waals surface area contributed by atoms with Crippen LogP contribution in [0.2, 0.25) is 0 Å². The van der Waals surface area contributed by atoms with Crippen molar-refractivity contribution in [3.05, 3.63) is 58.3 Å². The number of hydrogen-bond acceptors (Lipinski definition) is 4. The Hall–Kier alpha value is -2.82. The number of ketones is 1. The Balaban J connectivity index is 2.17. The fourth-order valence-corrected chi connectivity index (χ4v) is 2.52. The molecule has 0 atom stereocenters. The Morgan fingerprint density at radius 1 is 1.00 bits per heavy atom. The van der Waals surface area contributed by atoms with Gasteiger partial charge in [0.25, 0.3) is 11.5 Å². The molecule has 2 aromatic rings. The van der Waals surface area contributed by atoms with E-state index in [2.05, 4.69) is 0 Å². The minimum absolute atomic E-state index is 0.116. The molecule has 1 aliphatic rings. The maximum absolute atomic E-state index is 12.6. The van der Waals surface area contributed by atoms with Crippen molar-refractivity contribution in [2.75, 3.05) is 14.2 Å². The van der Waals surface area contributed by atoms with E-state index >= 15 is 0 Å². The second kappa shape index (κ2) is 5.18. The fraction of sp³-hybridized carbons (Fsp3) is 0.176. The van der Waals surface area contributed by atoms with Gasteiger partial charge in [-0.3, -0.25) is 4.79 Å². The molecule has 0 aliphatic carbocycles. The summed E-state index contributed by atoms with van der Waals surface area (Å²) in [7, 11) is 2.98. The predicted molar refractivity (Wildman–Crippen MR) is 82.5 cm³/mol. The molecule has 0 fully saturated rings. The summed E-state index contributed by atoms with van der Waals surface area (Å²) in [6.45, 7) is 1.95. The first-order chi connectivity index (χ1) is 10.6. The number of methoxy groups -OCH3 is 2. The third-order valence-corrected chi connectivity index (χ3v) is 3.71. The molecule has 0 bridgehead atoms. The van der Waals surface area contributed by atoms with Crippen LogP contribution in [0.1, 0.15) is 21.5 Å². The van der Waals surface area contributed by atoms with Crippen molar-refractivity contribution >= 4 is 17.2 Å². The van der Waals surface area contributed by atoms with Crippen LogP contribution in [0.25, 0.3) is 0 Å². The fourth-order valence-electron chi connectivity index (χ4n) is 2.52. The average Bonchev–Trinajstić information content (AvgIpc) is 2.78. The first-order valence-electron chi connectivity index (χ1n) is 6.78. The first-order valence-corrected chi connectivity index (χ1v) is 6.78. The van der Waals surface area contributed by atoms with Crippen LogP contribution in [0.5, 0.6) is 11.5 Å². The topological polar surface area (TPSA) is 61.6 Å². The second-order valence-electron chi connectivity index (χ2n) is 5.06. The Kier molecular flexibility index (Phi) is 3.33. The molecule has 0 unspecified atom stereocenters. The molecule has 112 valence electrons. The van der Waals surface area contributed by atoms with Crippen LogP contribution in [0.4, 0.5) is 5.69 Å². The van der Waals surface area contributed by atoms with Gasteiger partial charge < -0.3 is 14.7 Å². The number of benzene rings is 2. The number of carbonyl (C=O) groups is 1. The maximum atomic E-state index is 12.6. The van der Waals surface area contributed by atoms with Crippen molar-refractivity contribution in [2.24, 2.45) is 0 Å². The van der Waals surface area contributed by atoms with E-state index in [0.717, 1.165) is 5.56 Å². The highest BCUT2D eigenvalue weighted by atomic mass is 16.5. The third kappa shape index (κ3) is 2.02. The van der Waals surface area contributed by atoms with Crippen molar-refractivity contribution in [3.63, 3.8) is 0 Å². The number of hydrogen-bond donors (Lipinski definition) is 0. The number of Topliss-reactive ketones (excluding diaryl/α,β-unsaturated/α-hetero) is 1. The van der Waals surface area contributed by atoms with Crippen molar-refractivity contribution in [3.8, 4) is 11.5 Å². The minimum Gasteiger partial charge on any atom is -0.618 e. The second-order valence-corrected chi connectivity index (χ2v) is 5.06. The zero-order valence-corrected chi connectivity index (χ0v) is 12.5. The van der Waals surface area contributed by atoms with Gasteiger partial charge in [0, 0.05) is 6.07 Å². The molecule has 5 heteroatoms. The van der Waals surface area contributed by atoms with Crippen LogP contribution in [-0.2, 0) is 0 Å². The van der Waals surface area contributed by atoms with Gasteiger partial charge in [0.05, 0.1) is 25.8 Å². The van der Waals surface area contributed by atoms with Crippen LogP contribution in [0, 0.1) is 12.1 Å². The molecule has 5 nitrogen and oxygen atoms in total. The summed E-state index contributed by atoms with van der Waals surface area (Å²) < 4.78 is 11.0. The summed E-state index contributed by atoms with van der Waals surface area (Å²) in [5.41, 5.74) is 2.37. The third-order valence-electron chi connectivity index (χ3n) is 3.71. The van der Waals surface area contributed by atoms with Crippen molar-refractivity contribution in [2.45, 2.75) is 6.92 Å². The first kappa shape index (κ1) is 14.1. The highest BCUT2D eigenvalue weighted by Crippen LogP contribution is 2.38. The number of ether oxygens (including phenoxy) is 2. The lowest BCUT2D eigenvalue weighted by Crippen LogP contribution is -2.16.